The Balaban J connectivity index is 2.35. The van der Waals surface area contributed by atoms with E-state index in [1.54, 1.807) is 18.2 Å². The summed E-state index contributed by atoms with van der Waals surface area (Å²) in [6, 6.07) is 6.87. The van der Waals surface area contributed by atoms with Crippen LogP contribution in [-0.2, 0) is 0 Å². The van der Waals surface area contributed by atoms with Crippen molar-refractivity contribution in [2.24, 2.45) is 0 Å². The van der Waals surface area contributed by atoms with E-state index in [4.69, 9.17) is 4.52 Å². The molecule has 5 nitrogen and oxygen atoms in total. The number of nitrogens with zero attached hydrogens (tertiary/aromatic N) is 3. The average Bonchev–Trinajstić information content (AvgIpc) is 2.78. The summed E-state index contributed by atoms with van der Waals surface area (Å²) in [6.07, 6.45) is 0. The molecule has 5 heteroatoms. The molecule has 16 heavy (non-hydrogen) atoms. The molecule has 84 valence electrons. The van der Waals surface area contributed by atoms with E-state index >= 15 is 0 Å². The number of rotatable bonds is 3. The molecule has 0 bridgehead atoms. The molecule has 0 aliphatic rings. The van der Waals surface area contributed by atoms with Crippen LogP contribution < -0.4 is 4.90 Å². The van der Waals surface area contributed by atoms with Gasteiger partial charge in [0, 0.05) is 13.6 Å². The lowest BCUT2D eigenvalue weighted by Gasteiger charge is -2.08. The molecule has 0 aliphatic carbocycles. The predicted molar refractivity (Wildman–Crippen MR) is 60.3 cm³/mol. The highest BCUT2D eigenvalue weighted by Crippen LogP contribution is 2.27. The molecule has 0 radical (unpaired) electrons. The zero-order valence-corrected chi connectivity index (χ0v) is 9.21. The van der Waals surface area contributed by atoms with Gasteiger partial charge in [-0.25, -0.2) is 0 Å². The van der Waals surface area contributed by atoms with Crippen molar-refractivity contribution in [1.29, 1.82) is 0 Å². The summed E-state index contributed by atoms with van der Waals surface area (Å²) in [5, 5.41) is 13.5. The van der Waals surface area contributed by atoms with Crippen molar-refractivity contribution in [3.05, 3.63) is 24.3 Å². The van der Waals surface area contributed by atoms with Crippen molar-refractivity contribution < 1.29 is 9.63 Å². The summed E-state index contributed by atoms with van der Waals surface area (Å²) in [6.45, 7) is 2.79. The van der Waals surface area contributed by atoms with Crippen LogP contribution in [0, 0.1) is 0 Å². The molecule has 1 heterocycles. The normalized spacial score (nSPS) is 10.4. The molecule has 2 aromatic rings. The molecule has 0 saturated carbocycles. The smallest absolute Gasteiger partial charge is 0.266 e. The minimum atomic E-state index is 0.136. The molecule has 0 fully saturated rings. The zero-order valence-electron chi connectivity index (χ0n) is 9.21. The van der Waals surface area contributed by atoms with Crippen LogP contribution in [0.3, 0.4) is 0 Å². The number of benzene rings is 1. The number of aromatic nitrogens is 2. The molecule has 0 amide bonds. The van der Waals surface area contributed by atoms with E-state index in [0.717, 1.165) is 6.54 Å². The lowest BCUT2D eigenvalue weighted by atomic mass is 10.2. The van der Waals surface area contributed by atoms with Crippen LogP contribution in [0.5, 0.6) is 5.75 Å². The maximum atomic E-state index is 9.63. The Kier molecular flexibility index (Phi) is 2.76. The first-order chi connectivity index (χ1) is 7.72. The monoisotopic (exact) mass is 219 g/mol. The topological polar surface area (TPSA) is 62.4 Å². The van der Waals surface area contributed by atoms with Crippen LogP contribution in [-0.4, -0.2) is 28.8 Å². The van der Waals surface area contributed by atoms with Crippen molar-refractivity contribution >= 4 is 5.95 Å². The van der Waals surface area contributed by atoms with Crippen LogP contribution in [0.4, 0.5) is 5.95 Å². The largest absolute Gasteiger partial charge is 0.507 e. The van der Waals surface area contributed by atoms with Crippen molar-refractivity contribution in [1.82, 2.24) is 10.1 Å². The highest BCUT2D eigenvalue weighted by molar-refractivity contribution is 5.62. The third-order valence-corrected chi connectivity index (χ3v) is 2.37. The Morgan fingerprint density at radius 1 is 1.38 bits per heavy atom. The fourth-order valence-electron chi connectivity index (χ4n) is 1.28. The van der Waals surface area contributed by atoms with E-state index in [1.165, 1.54) is 0 Å². The molecular formula is C11H13N3O2. The predicted octanol–water partition coefficient (Wildman–Crippen LogP) is 1.90. The molecule has 0 aliphatic heterocycles. The summed E-state index contributed by atoms with van der Waals surface area (Å²) in [5.41, 5.74) is 0.547. The van der Waals surface area contributed by atoms with Gasteiger partial charge in [-0.3, -0.25) is 0 Å². The molecule has 0 spiro atoms. The van der Waals surface area contributed by atoms with E-state index in [2.05, 4.69) is 10.1 Å². The SMILES string of the molecule is CCN(C)c1noc(-c2ccccc2O)n1. The number of anilines is 1. The summed E-state index contributed by atoms with van der Waals surface area (Å²) < 4.78 is 5.09. The fraction of sp³-hybridized carbons (Fsp3) is 0.273. The first-order valence-electron chi connectivity index (χ1n) is 5.05. The van der Waals surface area contributed by atoms with E-state index in [-0.39, 0.29) is 5.75 Å². The highest BCUT2D eigenvalue weighted by Gasteiger charge is 2.13. The number of hydrogen-bond donors (Lipinski definition) is 1. The minimum Gasteiger partial charge on any atom is -0.507 e. The molecule has 0 saturated heterocycles. The second-order valence-corrected chi connectivity index (χ2v) is 3.43. The van der Waals surface area contributed by atoms with Crippen LogP contribution >= 0.6 is 0 Å². The van der Waals surface area contributed by atoms with E-state index < -0.39 is 0 Å². The molecule has 1 aromatic heterocycles. The third kappa shape index (κ3) is 1.84. The third-order valence-electron chi connectivity index (χ3n) is 2.37. The van der Waals surface area contributed by atoms with Gasteiger partial charge < -0.3 is 14.5 Å². The Bertz CT molecular complexity index is 482. The van der Waals surface area contributed by atoms with Gasteiger partial charge in [-0.2, -0.15) is 4.98 Å². The van der Waals surface area contributed by atoms with Gasteiger partial charge in [0.15, 0.2) is 0 Å². The van der Waals surface area contributed by atoms with Gasteiger partial charge in [0.25, 0.3) is 11.8 Å². The highest BCUT2D eigenvalue weighted by atomic mass is 16.5. The van der Waals surface area contributed by atoms with Gasteiger partial charge in [-0.15, -0.1) is 0 Å². The second kappa shape index (κ2) is 4.22. The molecule has 1 N–H and O–H groups in total. The number of aromatic hydroxyl groups is 1. The zero-order chi connectivity index (χ0) is 11.5. The standard InChI is InChI=1S/C11H13N3O2/c1-3-14(2)11-12-10(16-13-11)8-6-4-5-7-9(8)15/h4-7,15H,3H2,1-2H3. The van der Waals surface area contributed by atoms with Crippen LogP contribution in [0.1, 0.15) is 6.92 Å². The van der Waals surface area contributed by atoms with Crippen molar-refractivity contribution in [2.75, 3.05) is 18.5 Å². The number of hydrogen-bond acceptors (Lipinski definition) is 5. The van der Waals surface area contributed by atoms with Gasteiger partial charge in [-0.05, 0) is 24.2 Å². The molecule has 0 atom stereocenters. The summed E-state index contributed by atoms with van der Waals surface area (Å²) in [5.74, 6) is 0.978. The average molecular weight is 219 g/mol. The van der Waals surface area contributed by atoms with Crippen molar-refractivity contribution in [3.63, 3.8) is 0 Å². The molecular weight excluding hydrogens is 206 g/mol. The van der Waals surface area contributed by atoms with Crippen molar-refractivity contribution in [2.45, 2.75) is 6.92 Å². The lowest BCUT2D eigenvalue weighted by molar-refractivity contribution is 0.424. The fourth-order valence-corrected chi connectivity index (χ4v) is 1.28. The Morgan fingerprint density at radius 3 is 2.81 bits per heavy atom. The Hall–Kier alpha value is -2.04. The van der Waals surface area contributed by atoms with E-state index in [0.29, 0.717) is 17.4 Å². The maximum absolute atomic E-state index is 9.63. The van der Waals surface area contributed by atoms with Gasteiger partial charge in [0.1, 0.15) is 5.75 Å². The van der Waals surface area contributed by atoms with Crippen molar-refractivity contribution in [3.8, 4) is 17.2 Å². The van der Waals surface area contributed by atoms with E-state index in [9.17, 15) is 5.11 Å². The molecule has 0 unspecified atom stereocenters. The Labute approximate surface area is 93.3 Å². The van der Waals surface area contributed by atoms with Gasteiger partial charge in [-0.1, -0.05) is 12.1 Å². The van der Waals surface area contributed by atoms with Gasteiger partial charge in [0.05, 0.1) is 5.56 Å². The van der Waals surface area contributed by atoms with Crippen LogP contribution in [0.25, 0.3) is 11.5 Å². The summed E-state index contributed by atoms with van der Waals surface area (Å²) in [7, 11) is 1.87. The molecule has 1 aromatic carbocycles. The summed E-state index contributed by atoms with van der Waals surface area (Å²) >= 11 is 0. The maximum Gasteiger partial charge on any atom is 0.266 e. The lowest BCUT2D eigenvalue weighted by Crippen LogP contribution is -2.16. The molecule has 2 rings (SSSR count). The Morgan fingerprint density at radius 2 is 2.12 bits per heavy atom. The first kappa shape index (κ1) is 10.5. The minimum absolute atomic E-state index is 0.136. The summed E-state index contributed by atoms with van der Waals surface area (Å²) in [4.78, 5) is 6.05. The van der Waals surface area contributed by atoms with E-state index in [1.807, 2.05) is 24.9 Å². The van der Waals surface area contributed by atoms with Crippen LogP contribution in [0.2, 0.25) is 0 Å². The second-order valence-electron chi connectivity index (χ2n) is 3.43. The first-order valence-corrected chi connectivity index (χ1v) is 5.05. The van der Waals surface area contributed by atoms with Gasteiger partial charge in [0.2, 0.25) is 0 Å². The number of para-hydroxylation sites is 1. The number of phenols is 1. The quantitative estimate of drug-likeness (QED) is 0.854. The van der Waals surface area contributed by atoms with Gasteiger partial charge >= 0.3 is 0 Å². The number of phenolic OH excluding ortho intramolecular Hbond substituents is 1. The van der Waals surface area contributed by atoms with Crippen LogP contribution in [0.15, 0.2) is 28.8 Å².